The highest BCUT2D eigenvalue weighted by Gasteiger charge is 2.31. The molecule has 2 rings (SSSR count). The van der Waals surface area contributed by atoms with E-state index in [-0.39, 0.29) is 5.69 Å². The lowest BCUT2D eigenvalue weighted by Crippen LogP contribution is -2.31. The second kappa shape index (κ2) is 5.61. The van der Waals surface area contributed by atoms with Gasteiger partial charge in [0.2, 0.25) is 0 Å². The summed E-state index contributed by atoms with van der Waals surface area (Å²) in [4.78, 5) is 4.32. The molecule has 0 spiro atoms. The largest absolute Gasteiger partial charge is 0.416 e. The minimum absolute atomic E-state index is 0.165. The average molecular weight is 287 g/mol. The van der Waals surface area contributed by atoms with Gasteiger partial charge in [-0.1, -0.05) is 0 Å². The summed E-state index contributed by atoms with van der Waals surface area (Å²) in [6.45, 7) is 2.29. The Hall–Kier alpha value is -1.27. The molecule has 0 radical (unpaired) electrons. The molecule has 0 saturated carbocycles. The molecule has 1 aliphatic heterocycles. The second-order valence-electron chi connectivity index (χ2n) is 5.60. The highest BCUT2D eigenvalue weighted by atomic mass is 19.4. The quantitative estimate of drug-likeness (QED) is 0.867. The second-order valence-corrected chi connectivity index (χ2v) is 5.60. The molecule has 112 valence electrons. The highest BCUT2D eigenvalue weighted by Crippen LogP contribution is 2.31. The first kappa shape index (κ1) is 15.1. The molecule has 1 aromatic rings. The molecule has 0 bridgehead atoms. The Morgan fingerprint density at radius 2 is 2.00 bits per heavy atom. The summed E-state index contributed by atoms with van der Waals surface area (Å²) in [6, 6.07) is 4.27. The topological polar surface area (TPSA) is 32.5 Å². The van der Waals surface area contributed by atoms with Crippen LogP contribution in [0.4, 0.5) is 18.9 Å². The maximum Gasteiger partial charge on any atom is 0.416 e. The number of hydrogen-bond acceptors (Lipinski definition) is 3. The fourth-order valence-electron chi connectivity index (χ4n) is 2.61. The first-order chi connectivity index (χ1) is 9.25. The maximum atomic E-state index is 12.8. The number of nitrogens with zero attached hydrogens (tertiary/aromatic N) is 2. The number of alkyl halides is 3. The highest BCUT2D eigenvalue weighted by molar-refractivity contribution is 5.45. The number of nitrogen functional groups attached to an aromatic ring is 1. The lowest BCUT2D eigenvalue weighted by Gasteiger charge is -2.21. The standard InChI is InChI=1S/C14H20F3N3/c1-19(2)13-3-4-20(9-13)8-10-5-11(14(15,16)17)7-12(18)6-10/h5-7,13H,3-4,8-9,18H2,1-2H3. The van der Waals surface area contributed by atoms with Crippen molar-refractivity contribution < 1.29 is 13.2 Å². The number of hydrogen-bond donors (Lipinski definition) is 1. The SMILES string of the molecule is CN(C)C1CCN(Cc2cc(N)cc(C(F)(F)F)c2)C1. The third-order valence-corrected chi connectivity index (χ3v) is 3.73. The fourth-order valence-corrected chi connectivity index (χ4v) is 2.61. The van der Waals surface area contributed by atoms with E-state index in [4.69, 9.17) is 5.73 Å². The molecule has 1 heterocycles. The molecule has 0 amide bonds. The summed E-state index contributed by atoms with van der Waals surface area (Å²) in [5.41, 5.74) is 5.70. The van der Waals surface area contributed by atoms with Crippen molar-refractivity contribution in [3.63, 3.8) is 0 Å². The Bertz CT molecular complexity index is 471. The smallest absolute Gasteiger partial charge is 0.399 e. The zero-order valence-corrected chi connectivity index (χ0v) is 11.7. The number of rotatable bonds is 3. The third kappa shape index (κ3) is 3.64. The number of likely N-dealkylation sites (tertiary alicyclic amines) is 1. The third-order valence-electron chi connectivity index (χ3n) is 3.73. The zero-order valence-electron chi connectivity index (χ0n) is 11.7. The first-order valence-electron chi connectivity index (χ1n) is 6.61. The Labute approximate surface area is 117 Å². The van der Waals surface area contributed by atoms with E-state index in [1.165, 1.54) is 6.07 Å². The minimum atomic E-state index is -4.35. The van der Waals surface area contributed by atoms with Crippen LogP contribution in [-0.2, 0) is 12.7 Å². The molecule has 1 unspecified atom stereocenters. The van der Waals surface area contributed by atoms with E-state index in [0.717, 1.165) is 25.6 Å². The number of nitrogens with two attached hydrogens (primary N) is 1. The average Bonchev–Trinajstić information content (AvgIpc) is 2.75. The summed E-state index contributed by atoms with van der Waals surface area (Å²) in [5.74, 6) is 0. The predicted molar refractivity (Wildman–Crippen MR) is 73.2 cm³/mol. The molecule has 20 heavy (non-hydrogen) atoms. The van der Waals surface area contributed by atoms with Crippen molar-refractivity contribution in [3.8, 4) is 0 Å². The van der Waals surface area contributed by atoms with Crippen molar-refractivity contribution in [1.29, 1.82) is 0 Å². The van der Waals surface area contributed by atoms with Crippen LogP contribution in [0.15, 0.2) is 18.2 Å². The minimum Gasteiger partial charge on any atom is -0.399 e. The lowest BCUT2D eigenvalue weighted by molar-refractivity contribution is -0.137. The number of anilines is 1. The van der Waals surface area contributed by atoms with Crippen molar-refractivity contribution in [2.45, 2.75) is 25.2 Å². The Kier molecular flexibility index (Phi) is 4.25. The van der Waals surface area contributed by atoms with Gasteiger partial charge < -0.3 is 10.6 Å². The Balaban J connectivity index is 2.09. The molecule has 3 nitrogen and oxygen atoms in total. The van der Waals surface area contributed by atoms with Gasteiger partial charge in [-0.15, -0.1) is 0 Å². The number of benzene rings is 1. The van der Waals surface area contributed by atoms with Gasteiger partial charge >= 0.3 is 6.18 Å². The number of halogens is 3. The van der Waals surface area contributed by atoms with Gasteiger partial charge in [-0.3, -0.25) is 4.90 Å². The van der Waals surface area contributed by atoms with Crippen molar-refractivity contribution in [1.82, 2.24) is 9.80 Å². The van der Waals surface area contributed by atoms with E-state index in [9.17, 15) is 13.2 Å². The van der Waals surface area contributed by atoms with E-state index in [1.54, 1.807) is 6.07 Å². The van der Waals surface area contributed by atoms with Crippen LogP contribution in [-0.4, -0.2) is 43.0 Å². The molecule has 1 aliphatic rings. The van der Waals surface area contributed by atoms with E-state index in [1.807, 2.05) is 14.1 Å². The molecule has 2 N–H and O–H groups in total. The van der Waals surface area contributed by atoms with Gasteiger partial charge in [0.25, 0.3) is 0 Å². The van der Waals surface area contributed by atoms with Gasteiger partial charge in [0.15, 0.2) is 0 Å². The van der Waals surface area contributed by atoms with Crippen LogP contribution in [0.25, 0.3) is 0 Å². The van der Waals surface area contributed by atoms with Gasteiger partial charge in [-0.25, -0.2) is 0 Å². The molecule has 0 aromatic heterocycles. The molecule has 1 atom stereocenters. The molecular weight excluding hydrogens is 267 g/mol. The van der Waals surface area contributed by atoms with Gasteiger partial charge in [0, 0.05) is 31.4 Å². The van der Waals surface area contributed by atoms with Crippen molar-refractivity contribution in [3.05, 3.63) is 29.3 Å². The lowest BCUT2D eigenvalue weighted by atomic mass is 10.1. The van der Waals surface area contributed by atoms with Crippen LogP contribution in [0.2, 0.25) is 0 Å². The molecular formula is C14H20F3N3. The Morgan fingerprint density at radius 3 is 2.55 bits per heavy atom. The molecule has 1 aromatic carbocycles. The summed E-state index contributed by atoms with van der Waals surface area (Å²) in [7, 11) is 4.05. The van der Waals surface area contributed by atoms with Gasteiger partial charge in [0.05, 0.1) is 5.56 Å². The maximum absolute atomic E-state index is 12.8. The van der Waals surface area contributed by atoms with E-state index < -0.39 is 11.7 Å². The molecule has 1 fully saturated rings. The van der Waals surface area contributed by atoms with Gasteiger partial charge in [-0.05, 0) is 44.3 Å². The predicted octanol–water partition coefficient (Wildman–Crippen LogP) is 2.42. The van der Waals surface area contributed by atoms with Crippen LogP contribution < -0.4 is 5.73 Å². The molecule has 0 aliphatic carbocycles. The monoisotopic (exact) mass is 287 g/mol. The summed E-state index contributed by atoms with van der Waals surface area (Å²) >= 11 is 0. The fraction of sp³-hybridized carbons (Fsp3) is 0.571. The molecule has 6 heteroatoms. The zero-order chi connectivity index (χ0) is 14.9. The van der Waals surface area contributed by atoms with E-state index >= 15 is 0 Å². The first-order valence-corrected chi connectivity index (χ1v) is 6.61. The van der Waals surface area contributed by atoms with Crippen molar-refractivity contribution in [2.24, 2.45) is 0 Å². The van der Waals surface area contributed by atoms with Crippen LogP contribution in [0.3, 0.4) is 0 Å². The summed E-state index contributed by atoms with van der Waals surface area (Å²) in [6.07, 6.45) is -3.30. The van der Waals surface area contributed by atoms with Crippen LogP contribution in [0.1, 0.15) is 17.5 Å². The van der Waals surface area contributed by atoms with Crippen LogP contribution in [0.5, 0.6) is 0 Å². The van der Waals surface area contributed by atoms with Gasteiger partial charge in [0.1, 0.15) is 0 Å². The normalized spacial score (nSPS) is 20.8. The Morgan fingerprint density at radius 1 is 1.30 bits per heavy atom. The van der Waals surface area contributed by atoms with E-state index in [2.05, 4.69) is 9.80 Å². The van der Waals surface area contributed by atoms with Crippen LogP contribution >= 0.6 is 0 Å². The van der Waals surface area contributed by atoms with Crippen molar-refractivity contribution in [2.75, 3.05) is 32.9 Å². The van der Waals surface area contributed by atoms with E-state index in [0.29, 0.717) is 18.2 Å². The molecule has 1 saturated heterocycles. The van der Waals surface area contributed by atoms with Gasteiger partial charge in [-0.2, -0.15) is 13.2 Å². The van der Waals surface area contributed by atoms with Crippen molar-refractivity contribution >= 4 is 5.69 Å². The summed E-state index contributed by atoms with van der Waals surface area (Å²) in [5, 5.41) is 0. The number of likely N-dealkylation sites (N-methyl/N-ethyl adjacent to an activating group) is 1. The van der Waals surface area contributed by atoms with Crippen LogP contribution in [0, 0.1) is 0 Å². The summed E-state index contributed by atoms with van der Waals surface area (Å²) < 4.78 is 38.3.